The molecule has 0 radical (unpaired) electrons. The largest absolute Gasteiger partial charge is 0.429 e. The van der Waals surface area contributed by atoms with Gasteiger partial charge in [0.1, 0.15) is 17.1 Å². The lowest BCUT2D eigenvalue weighted by Gasteiger charge is -2.28. The summed E-state index contributed by atoms with van der Waals surface area (Å²) in [6.45, 7) is 3.25. The van der Waals surface area contributed by atoms with Crippen LogP contribution in [0.2, 0.25) is 0 Å². The zero-order chi connectivity index (χ0) is 27.6. The highest BCUT2D eigenvalue weighted by Crippen LogP contribution is 2.40. The zero-order valence-corrected chi connectivity index (χ0v) is 20.3. The molecule has 0 spiro atoms. The average molecular weight is 544 g/mol. The van der Waals surface area contributed by atoms with Crippen LogP contribution in [0.5, 0.6) is 5.75 Å². The molecule has 0 aromatic heterocycles. The third kappa shape index (κ3) is 5.80. The molecule has 1 saturated carbocycles. The molecule has 0 aliphatic heterocycles. The molecule has 0 atom stereocenters. The van der Waals surface area contributed by atoms with Crippen LogP contribution in [-0.2, 0) is 10.8 Å². The van der Waals surface area contributed by atoms with E-state index in [2.05, 4.69) is 4.74 Å². The number of benzene rings is 3. The Morgan fingerprint density at radius 2 is 1.37 bits per heavy atom. The normalized spacial score (nSPS) is 18.0. The minimum Gasteiger partial charge on any atom is -0.429 e. The topological polar surface area (TPSA) is 18.5 Å². The Balaban J connectivity index is 1.54. The first-order valence-corrected chi connectivity index (χ1v) is 12.1. The van der Waals surface area contributed by atoms with Crippen molar-refractivity contribution in [2.24, 2.45) is 5.92 Å². The lowest BCUT2D eigenvalue weighted by Crippen LogP contribution is -2.24. The summed E-state index contributed by atoms with van der Waals surface area (Å²) in [6, 6.07) is 5.63. The van der Waals surface area contributed by atoms with Crippen molar-refractivity contribution in [3.63, 3.8) is 0 Å². The number of rotatable bonds is 8. The Labute approximate surface area is 214 Å². The van der Waals surface area contributed by atoms with Crippen LogP contribution in [-0.4, -0.2) is 13.2 Å². The van der Waals surface area contributed by atoms with Gasteiger partial charge in [-0.25, -0.2) is 26.3 Å². The van der Waals surface area contributed by atoms with E-state index in [4.69, 9.17) is 4.74 Å². The van der Waals surface area contributed by atoms with Crippen LogP contribution in [0.15, 0.2) is 42.5 Å². The van der Waals surface area contributed by atoms with E-state index < -0.39 is 57.9 Å². The van der Waals surface area contributed by atoms with Crippen molar-refractivity contribution in [3.8, 4) is 16.9 Å². The van der Waals surface area contributed by atoms with E-state index in [9.17, 15) is 35.1 Å². The lowest BCUT2D eigenvalue weighted by molar-refractivity contribution is -0.187. The monoisotopic (exact) mass is 544 g/mol. The van der Waals surface area contributed by atoms with Gasteiger partial charge in [-0.1, -0.05) is 18.2 Å². The summed E-state index contributed by atoms with van der Waals surface area (Å²) < 4.78 is 123. The van der Waals surface area contributed by atoms with Crippen LogP contribution in [0.4, 0.5) is 35.1 Å². The standard InChI is InChI=1S/C28H24F8O2/c1-2-37-14-15-3-5-16(6-4-15)17-7-8-19(22(29)11-17)20-9-10-21(26(33)25(20)32)28(35,36)38-18-12-23(30)27(34)24(31)13-18/h7-13,15-16H,2-6,14H2,1H3. The molecule has 0 heterocycles. The van der Waals surface area contributed by atoms with E-state index in [1.165, 1.54) is 12.1 Å². The molecule has 10 heteroatoms. The maximum Gasteiger partial charge on any atom is 0.429 e. The molecular formula is C28H24F8O2. The van der Waals surface area contributed by atoms with Gasteiger partial charge >= 0.3 is 6.11 Å². The van der Waals surface area contributed by atoms with Crippen molar-refractivity contribution in [3.05, 3.63) is 88.5 Å². The lowest BCUT2D eigenvalue weighted by atomic mass is 9.78. The fraction of sp³-hybridized carbons (Fsp3) is 0.357. The predicted molar refractivity (Wildman–Crippen MR) is 124 cm³/mol. The fourth-order valence-electron chi connectivity index (χ4n) is 4.73. The molecule has 4 rings (SSSR count). The average Bonchev–Trinajstić information content (AvgIpc) is 2.87. The second-order valence-electron chi connectivity index (χ2n) is 9.22. The highest BCUT2D eigenvalue weighted by Gasteiger charge is 2.40. The van der Waals surface area contributed by atoms with Gasteiger partial charge < -0.3 is 9.47 Å². The summed E-state index contributed by atoms with van der Waals surface area (Å²) in [5, 5.41) is 0. The summed E-state index contributed by atoms with van der Waals surface area (Å²) in [4.78, 5) is 0. The molecule has 0 bridgehead atoms. The summed E-state index contributed by atoms with van der Waals surface area (Å²) in [5.41, 5.74) is -1.80. The fourth-order valence-corrected chi connectivity index (χ4v) is 4.73. The quantitative estimate of drug-likeness (QED) is 0.209. The van der Waals surface area contributed by atoms with E-state index in [1.54, 1.807) is 6.07 Å². The SMILES string of the molecule is CCOCC1CCC(c2ccc(-c3ccc(C(F)(F)Oc4cc(F)c(F)c(F)c4)c(F)c3F)c(F)c2)CC1. The Hall–Kier alpha value is -3.14. The van der Waals surface area contributed by atoms with Crippen LogP contribution in [0.3, 0.4) is 0 Å². The second-order valence-corrected chi connectivity index (χ2v) is 9.22. The molecule has 0 N–H and O–H groups in total. The van der Waals surface area contributed by atoms with Crippen LogP contribution >= 0.6 is 0 Å². The molecule has 1 aliphatic rings. The molecule has 0 amide bonds. The van der Waals surface area contributed by atoms with Crippen molar-refractivity contribution in [2.75, 3.05) is 13.2 Å². The van der Waals surface area contributed by atoms with Gasteiger partial charge in [0.15, 0.2) is 29.1 Å². The first-order chi connectivity index (χ1) is 18.0. The van der Waals surface area contributed by atoms with Crippen molar-refractivity contribution < 1.29 is 44.6 Å². The molecular weight excluding hydrogens is 520 g/mol. The Kier molecular flexibility index (Phi) is 8.30. The number of alkyl halides is 2. The maximum absolute atomic E-state index is 15.0. The van der Waals surface area contributed by atoms with Crippen LogP contribution in [0, 0.1) is 40.8 Å². The number of halogens is 8. The molecule has 1 aliphatic carbocycles. The Bertz CT molecular complexity index is 1280. The van der Waals surface area contributed by atoms with E-state index in [1.807, 2.05) is 6.92 Å². The molecule has 38 heavy (non-hydrogen) atoms. The van der Waals surface area contributed by atoms with Gasteiger partial charge in [0, 0.05) is 36.5 Å². The summed E-state index contributed by atoms with van der Waals surface area (Å²) in [7, 11) is 0. The number of hydrogen-bond acceptors (Lipinski definition) is 2. The molecule has 2 nitrogen and oxygen atoms in total. The van der Waals surface area contributed by atoms with Crippen molar-refractivity contribution in [2.45, 2.75) is 44.6 Å². The first-order valence-electron chi connectivity index (χ1n) is 12.1. The first kappa shape index (κ1) is 27.9. The van der Waals surface area contributed by atoms with Crippen LogP contribution < -0.4 is 4.74 Å². The van der Waals surface area contributed by atoms with E-state index in [0.29, 0.717) is 30.8 Å². The Morgan fingerprint density at radius 1 is 0.737 bits per heavy atom. The van der Waals surface area contributed by atoms with Gasteiger partial charge in [-0.2, -0.15) is 8.78 Å². The van der Waals surface area contributed by atoms with Gasteiger partial charge in [0.2, 0.25) is 0 Å². The second kappa shape index (κ2) is 11.3. The molecule has 1 fully saturated rings. The van der Waals surface area contributed by atoms with Crippen molar-refractivity contribution >= 4 is 0 Å². The Morgan fingerprint density at radius 3 is 1.97 bits per heavy atom. The molecule has 204 valence electrons. The number of ether oxygens (including phenoxy) is 2. The van der Waals surface area contributed by atoms with Gasteiger partial charge in [-0.3, -0.25) is 0 Å². The highest BCUT2D eigenvalue weighted by molar-refractivity contribution is 5.66. The van der Waals surface area contributed by atoms with Crippen molar-refractivity contribution in [1.29, 1.82) is 0 Å². The molecule has 3 aromatic rings. The van der Waals surface area contributed by atoms with Gasteiger partial charge in [0.25, 0.3) is 0 Å². The zero-order valence-electron chi connectivity index (χ0n) is 20.3. The van der Waals surface area contributed by atoms with E-state index >= 15 is 0 Å². The minimum absolute atomic E-state index is 0.0948. The molecule has 0 saturated heterocycles. The summed E-state index contributed by atoms with van der Waals surface area (Å²) >= 11 is 0. The van der Waals surface area contributed by atoms with Crippen LogP contribution in [0.1, 0.15) is 49.7 Å². The molecule has 0 unspecified atom stereocenters. The summed E-state index contributed by atoms with van der Waals surface area (Å²) in [5.74, 6) is -10.8. The van der Waals surface area contributed by atoms with Crippen LogP contribution in [0.25, 0.3) is 11.1 Å². The number of hydrogen-bond donors (Lipinski definition) is 0. The summed E-state index contributed by atoms with van der Waals surface area (Å²) in [6.07, 6.45) is -1.11. The van der Waals surface area contributed by atoms with Gasteiger partial charge in [0.05, 0.1) is 0 Å². The van der Waals surface area contributed by atoms with Crippen molar-refractivity contribution in [1.82, 2.24) is 0 Å². The maximum atomic E-state index is 15.0. The third-order valence-corrected chi connectivity index (χ3v) is 6.76. The minimum atomic E-state index is -4.59. The third-order valence-electron chi connectivity index (χ3n) is 6.76. The van der Waals surface area contributed by atoms with E-state index in [0.717, 1.165) is 31.7 Å². The molecule has 3 aromatic carbocycles. The van der Waals surface area contributed by atoms with Gasteiger partial charge in [-0.05, 0) is 62.1 Å². The van der Waals surface area contributed by atoms with E-state index in [-0.39, 0.29) is 23.6 Å². The van der Waals surface area contributed by atoms with Gasteiger partial charge in [-0.15, -0.1) is 0 Å². The predicted octanol–water partition coefficient (Wildman–Crippen LogP) is 8.63. The highest BCUT2D eigenvalue weighted by atomic mass is 19.3. The smallest absolute Gasteiger partial charge is 0.429 e.